The van der Waals surface area contributed by atoms with Crippen molar-refractivity contribution < 1.29 is 49.6 Å². The third-order valence-corrected chi connectivity index (χ3v) is 11.6. The Hall–Kier alpha value is -2.61. The van der Waals surface area contributed by atoms with Crippen molar-refractivity contribution in [1.82, 2.24) is 5.32 Å². The van der Waals surface area contributed by atoms with Crippen molar-refractivity contribution in [3.8, 4) is 11.5 Å². The van der Waals surface area contributed by atoms with Gasteiger partial charge in [0, 0.05) is 6.42 Å². The molecule has 61 heavy (non-hydrogen) atoms. The first-order chi connectivity index (χ1) is 29.5. The van der Waals surface area contributed by atoms with Crippen molar-refractivity contribution in [2.45, 2.75) is 224 Å². The number of aliphatic hydroxyl groups is 6. The van der Waals surface area contributed by atoms with Gasteiger partial charge in [-0.2, -0.15) is 0 Å². The quantitative estimate of drug-likeness (QED) is 0.0352. The maximum atomic E-state index is 12.7. The lowest BCUT2D eigenvalue weighted by atomic mass is 9.98. The van der Waals surface area contributed by atoms with Gasteiger partial charge >= 0.3 is 0 Å². The Kier molecular flexibility index (Phi) is 30.3. The Morgan fingerprint density at radius 1 is 0.656 bits per heavy atom. The molecule has 0 aliphatic carbocycles. The topological polar surface area (TPSA) is 178 Å². The Balaban J connectivity index is 0.000000585. The zero-order chi connectivity index (χ0) is 44.7. The van der Waals surface area contributed by atoms with Gasteiger partial charge in [0.1, 0.15) is 42.0 Å². The van der Waals surface area contributed by atoms with Gasteiger partial charge in [0.15, 0.2) is 6.29 Å². The average Bonchev–Trinajstić information content (AvgIpc) is 3.26. The number of carbonyl (C=O) groups excluding carboxylic acids is 1. The van der Waals surface area contributed by atoms with E-state index in [1.807, 2.05) is 24.3 Å². The van der Waals surface area contributed by atoms with Gasteiger partial charge in [-0.1, -0.05) is 166 Å². The van der Waals surface area contributed by atoms with Crippen LogP contribution in [0.3, 0.4) is 0 Å². The lowest BCUT2D eigenvalue weighted by Gasteiger charge is -2.40. The molecule has 0 aromatic heterocycles. The van der Waals surface area contributed by atoms with Crippen molar-refractivity contribution in [3.05, 3.63) is 59.7 Å². The molecule has 1 saturated heterocycles. The summed E-state index contributed by atoms with van der Waals surface area (Å²) in [4.78, 5) is 12.7. The smallest absolute Gasteiger partial charge is 0.220 e. The summed E-state index contributed by atoms with van der Waals surface area (Å²) in [5, 5.41) is 64.3. The van der Waals surface area contributed by atoms with Gasteiger partial charge in [0.05, 0.1) is 25.4 Å². The Labute approximate surface area is 368 Å². The average molecular weight is 860 g/mol. The van der Waals surface area contributed by atoms with Crippen LogP contribution in [0.4, 0.5) is 0 Å². The summed E-state index contributed by atoms with van der Waals surface area (Å²) in [6, 6.07) is 15.5. The molecule has 11 heteroatoms. The zero-order valence-corrected chi connectivity index (χ0v) is 38.2. The molecule has 8 unspecified atom stereocenters. The minimum atomic E-state index is -1.60. The van der Waals surface area contributed by atoms with Gasteiger partial charge < -0.3 is 50.2 Å². The maximum Gasteiger partial charge on any atom is 0.220 e. The molecule has 0 saturated carbocycles. The van der Waals surface area contributed by atoms with Crippen LogP contribution in [0.1, 0.15) is 173 Å². The first kappa shape index (κ1) is 54.5. The van der Waals surface area contributed by atoms with E-state index in [0.717, 1.165) is 69.3 Å². The number of hydrogen-bond donors (Lipinski definition) is 7. The van der Waals surface area contributed by atoms with E-state index in [1.165, 1.54) is 81.8 Å². The predicted molar refractivity (Wildman–Crippen MR) is 244 cm³/mol. The van der Waals surface area contributed by atoms with E-state index in [9.17, 15) is 35.4 Å². The molecule has 1 amide bonds. The molecule has 1 heterocycles. The Morgan fingerprint density at radius 2 is 1.15 bits per heavy atom. The molecule has 1 aliphatic heterocycles. The fourth-order valence-electron chi connectivity index (χ4n) is 7.45. The summed E-state index contributed by atoms with van der Waals surface area (Å²) in [5.74, 6) is 1.52. The van der Waals surface area contributed by atoms with Crippen LogP contribution >= 0.6 is 0 Å². The second kappa shape index (κ2) is 33.9. The molecule has 1 fully saturated rings. The van der Waals surface area contributed by atoms with E-state index in [4.69, 9.17) is 14.2 Å². The normalized spacial score (nSPS) is 20.3. The lowest BCUT2D eigenvalue weighted by molar-refractivity contribution is -0.303. The number of rotatable bonds is 32. The van der Waals surface area contributed by atoms with Crippen LogP contribution in [0.25, 0.3) is 0 Å². The molecule has 3 rings (SSSR count). The summed E-state index contributed by atoms with van der Waals surface area (Å²) < 4.78 is 16.8. The molecule has 0 bridgehead atoms. The second-order valence-corrected chi connectivity index (χ2v) is 17.1. The fraction of sp³-hybridized carbons (Fsp3) is 0.740. The molecule has 2 aromatic rings. The highest BCUT2D eigenvalue weighted by Gasteiger charge is 2.44. The van der Waals surface area contributed by atoms with E-state index in [1.54, 1.807) is 0 Å². The molecule has 8 atom stereocenters. The first-order valence-corrected chi connectivity index (χ1v) is 23.9. The molecule has 7 N–H and O–H groups in total. The van der Waals surface area contributed by atoms with Crippen molar-refractivity contribution >= 4 is 5.91 Å². The van der Waals surface area contributed by atoms with Crippen LogP contribution in [0.5, 0.6) is 11.5 Å². The predicted octanol–water partition coefficient (Wildman–Crippen LogP) is 8.98. The summed E-state index contributed by atoms with van der Waals surface area (Å²) >= 11 is 0. The van der Waals surface area contributed by atoms with Crippen LogP contribution < -0.4 is 10.1 Å². The highest BCUT2D eigenvalue weighted by molar-refractivity contribution is 5.76. The van der Waals surface area contributed by atoms with Crippen LogP contribution in [-0.4, -0.2) is 98.7 Å². The first-order valence-electron chi connectivity index (χ1n) is 23.9. The SMILES string of the molecule is CCCCCCCCCCCCCCC(O)C(O)C(COC1OC(CO)C(O)C(O)C1O)NC(=O)CCCCCCCC.CCCCc1ccc(Oc2ccc(C)cc2)cc1. The van der Waals surface area contributed by atoms with Crippen molar-refractivity contribution in [2.75, 3.05) is 13.2 Å². The molecule has 0 spiro atoms. The number of aliphatic hydroxyl groups excluding tert-OH is 6. The van der Waals surface area contributed by atoms with Gasteiger partial charge in [0.25, 0.3) is 0 Å². The molecule has 350 valence electrons. The van der Waals surface area contributed by atoms with E-state index in [2.05, 4.69) is 57.3 Å². The van der Waals surface area contributed by atoms with Crippen LogP contribution in [0.2, 0.25) is 0 Å². The highest BCUT2D eigenvalue weighted by atomic mass is 16.7. The molecule has 2 aromatic carbocycles. The molecule has 1 aliphatic rings. The number of amides is 1. The Morgan fingerprint density at radius 3 is 1.67 bits per heavy atom. The minimum Gasteiger partial charge on any atom is -0.457 e. The maximum absolute atomic E-state index is 12.7. The minimum absolute atomic E-state index is 0.269. The summed E-state index contributed by atoms with van der Waals surface area (Å²) in [6.07, 6.45) is 15.2. The van der Waals surface area contributed by atoms with Crippen molar-refractivity contribution in [1.29, 1.82) is 0 Å². The number of unbranched alkanes of at least 4 members (excludes halogenated alkanes) is 17. The Bertz CT molecular complexity index is 1340. The van der Waals surface area contributed by atoms with Crippen LogP contribution in [0, 0.1) is 6.92 Å². The standard InChI is InChI=1S/C33H65NO9.C17H20O/c1-3-5-7-9-11-12-13-14-15-16-17-19-21-26(36)29(38)25(34-28(37)22-20-18-10-8-6-4-2)24-42-33-32(41)31(40)30(39)27(23-35)43-33;1-3-4-5-15-8-12-17(13-9-15)18-16-10-6-14(2)7-11-16/h25-27,29-33,35-36,38-41H,3-24H2,1-2H3,(H,34,37);6-13H,3-5H2,1-2H3. The second-order valence-electron chi connectivity index (χ2n) is 17.1. The number of carbonyl (C=O) groups is 1. The molecular formula is C50H85NO10. The van der Waals surface area contributed by atoms with Gasteiger partial charge in [-0.3, -0.25) is 4.79 Å². The number of aryl methyl sites for hydroxylation is 2. The highest BCUT2D eigenvalue weighted by Crippen LogP contribution is 2.24. The summed E-state index contributed by atoms with van der Waals surface area (Å²) in [5.41, 5.74) is 2.63. The zero-order valence-electron chi connectivity index (χ0n) is 38.2. The molecule has 0 radical (unpaired) electrons. The monoisotopic (exact) mass is 860 g/mol. The third kappa shape index (κ3) is 23.6. The van der Waals surface area contributed by atoms with Gasteiger partial charge in [-0.05, 0) is 62.4 Å². The van der Waals surface area contributed by atoms with Crippen molar-refractivity contribution in [3.63, 3.8) is 0 Å². The number of nitrogens with one attached hydrogen (secondary N) is 1. The van der Waals surface area contributed by atoms with Gasteiger partial charge in [0.2, 0.25) is 5.91 Å². The van der Waals surface area contributed by atoms with E-state index < -0.39 is 55.6 Å². The van der Waals surface area contributed by atoms with E-state index in [-0.39, 0.29) is 18.9 Å². The fourth-order valence-corrected chi connectivity index (χ4v) is 7.45. The summed E-state index contributed by atoms with van der Waals surface area (Å²) in [7, 11) is 0. The number of ether oxygens (including phenoxy) is 3. The van der Waals surface area contributed by atoms with E-state index in [0.29, 0.717) is 12.8 Å². The number of benzene rings is 2. The van der Waals surface area contributed by atoms with Gasteiger partial charge in [-0.15, -0.1) is 0 Å². The summed E-state index contributed by atoms with van der Waals surface area (Å²) in [6.45, 7) is 7.78. The van der Waals surface area contributed by atoms with Crippen molar-refractivity contribution in [2.24, 2.45) is 0 Å². The lowest BCUT2D eigenvalue weighted by Crippen LogP contribution is -2.60. The largest absolute Gasteiger partial charge is 0.457 e. The molecule has 11 nitrogen and oxygen atoms in total. The van der Waals surface area contributed by atoms with Gasteiger partial charge in [-0.25, -0.2) is 0 Å². The van der Waals surface area contributed by atoms with E-state index >= 15 is 0 Å². The van der Waals surface area contributed by atoms with Crippen LogP contribution in [0.15, 0.2) is 48.5 Å². The number of hydrogen-bond acceptors (Lipinski definition) is 10. The third-order valence-electron chi connectivity index (χ3n) is 11.6. The van der Waals surface area contributed by atoms with Crippen LogP contribution in [-0.2, 0) is 20.7 Å². The molecular weight excluding hydrogens is 775 g/mol.